The molecule has 0 bridgehead atoms. The summed E-state index contributed by atoms with van der Waals surface area (Å²) in [5.41, 5.74) is 0.0173. The van der Waals surface area contributed by atoms with Crippen LogP contribution in [-0.4, -0.2) is 86.7 Å². The second-order valence-corrected chi connectivity index (χ2v) is 9.91. The van der Waals surface area contributed by atoms with Gasteiger partial charge in [0.1, 0.15) is 11.5 Å². The highest BCUT2D eigenvalue weighted by atomic mass is 32.2. The molecule has 0 spiro atoms. The van der Waals surface area contributed by atoms with Gasteiger partial charge in [-0.1, -0.05) is 6.92 Å². The van der Waals surface area contributed by atoms with E-state index in [1.54, 1.807) is 11.8 Å². The van der Waals surface area contributed by atoms with E-state index in [0.717, 1.165) is 0 Å². The van der Waals surface area contributed by atoms with Crippen molar-refractivity contribution in [2.45, 2.75) is 56.5 Å². The molecule has 3 saturated heterocycles. The molecule has 3 fully saturated rings. The predicted molar refractivity (Wildman–Crippen MR) is 108 cm³/mol. The van der Waals surface area contributed by atoms with Gasteiger partial charge >= 0.3 is 5.97 Å². The summed E-state index contributed by atoms with van der Waals surface area (Å²) in [4.78, 5) is 52.2. The van der Waals surface area contributed by atoms with Gasteiger partial charge in [-0.3, -0.25) is 14.4 Å². The minimum Gasteiger partial charge on any atom is -0.477 e. The van der Waals surface area contributed by atoms with Crippen LogP contribution in [0.1, 0.15) is 33.1 Å². The predicted octanol–water partition coefficient (Wildman–Crippen LogP) is -0.205. The summed E-state index contributed by atoms with van der Waals surface area (Å²) in [6.45, 7) is 4.93. The SMILES string of the molecule is C[C@@H](O)[C@H]1C(=O)N2C(C(=O)O)=C(S[C@@H]3CN[C@H](C(=O)N4CCC(=O)CC4)C3)[C@H](C)[C@H]12. The number of nitrogens with one attached hydrogen (secondary N) is 1. The standard InChI is InChI=1S/C20H27N3O6S/c1-9-15-14(10(2)24)19(27)23(15)16(20(28)29)17(9)30-12-7-13(21-8-12)18(26)22-5-3-11(25)4-6-22/h9-10,12-15,21,24H,3-8H2,1-2H3,(H,28,29)/t9-,10-,12+,13+,14-,15-/m1/s1. The number of carboxylic acids is 1. The Morgan fingerprint density at radius 3 is 2.50 bits per heavy atom. The number of ketones is 1. The Morgan fingerprint density at radius 1 is 1.23 bits per heavy atom. The number of amides is 2. The van der Waals surface area contributed by atoms with Crippen LogP contribution in [0.25, 0.3) is 0 Å². The summed E-state index contributed by atoms with van der Waals surface area (Å²) in [5.74, 6) is -2.06. The molecule has 3 N–H and O–H groups in total. The average molecular weight is 438 g/mol. The molecule has 30 heavy (non-hydrogen) atoms. The third-order valence-corrected chi connectivity index (χ3v) is 8.14. The van der Waals surface area contributed by atoms with Crippen LogP contribution in [-0.2, 0) is 19.2 Å². The van der Waals surface area contributed by atoms with Gasteiger partial charge in [0.2, 0.25) is 11.8 Å². The number of carbonyl (C=O) groups is 4. The highest BCUT2D eigenvalue weighted by Crippen LogP contribution is 2.51. The molecule has 0 aromatic heterocycles. The number of carbonyl (C=O) groups excluding carboxylic acids is 3. The summed E-state index contributed by atoms with van der Waals surface area (Å²) >= 11 is 1.43. The third kappa shape index (κ3) is 3.44. The minimum atomic E-state index is -1.14. The molecule has 4 rings (SSSR count). The summed E-state index contributed by atoms with van der Waals surface area (Å²) in [7, 11) is 0. The molecule has 0 unspecified atom stereocenters. The van der Waals surface area contributed by atoms with Crippen molar-refractivity contribution >= 4 is 35.3 Å². The first kappa shape index (κ1) is 21.3. The van der Waals surface area contributed by atoms with E-state index in [0.29, 0.717) is 43.8 Å². The number of thioether (sulfide) groups is 1. The lowest BCUT2D eigenvalue weighted by Gasteiger charge is -2.46. The lowest BCUT2D eigenvalue weighted by molar-refractivity contribution is -0.163. The molecule has 0 saturated carbocycles. The molecule has 0 radical (unpaired) electrons. The van der Waals surface area contributed by atoms with Gasteiger partial charge in [0.15, 0.2) is 0 Å². The number of rotatable bonds is 5. The fourth-order valence-corrected chi connectivity index (χ4v) is 6.52. The van der Waals surface area contributed by atoms with E-state index < -0.39 is 18.0 Å². The van der Waals surface area contributed by atoms with Crippen LogP contribution in [0.5, 0.6) is 0 Å². The highest BCUT2D eigenvalue weighted by Gasteiger charge is 2.60. The summed E-state index contributed by atoms with van der Waals surface area (Å²) < 4.78 is 0. The topological polar surface area (TPSA) is 127 Å². The smallest absolute Gasteiger partial charge is 0.353 e. The number of likely N-dealkylation sites (tertiary alicyclic amines) is 1. The summed E-state index contributed by atoms with van der Waals surface area (Å²) in [5, 5.41) is 22.9. The van der Waals surface area contributed by atoms with Crippen molar-refractivity contribution < 1.29 is 29.4 Å². The number of fused-ring (bicyclic) bond motifs is 1. The molecule has 0 aliphatic carbocycles. The van der Waals surface area contributed by atoms with E-state index in [1.807, 2.05) is 6.92 Å². The second kappa shape index (κ2) is 7.97. The lowest BCUT2D eigenvalue weighted by Crippen LogP contribution is -2.63. The number of aliphatic carboxylic acids is 1. The first-order valence-corrected chi connectivity index (χ1v) is 11.3. The number of nitrogens with zero attached hydrogens (tertiary/aromatic N) is 2. The highest BCUT2D eigenvalue weighted by molar-refractivity contribution is 8.03. The van der Waals surface area contributed by atoms with Crippen LogP contribution in [0.2, 0.25) is 0 Å². The van der Waals surface area contributed by atoms with E-state index in [4.69, 9.17) is 0 Å². The minimum absolute atomic E-state index is 0.00863. The quantitative estimate of drug-likeness (QED) is 0.505. The van der Waals surface area contributed by atoms with Gasteiger partial charge in [0, 0.05) is 48.5 Å². The number of Topliss-reactive ketones (excluding diaryl/α,β-unsaturated/α-hetero) is 1. The van der Waals surface area contributed by atoms with E-state index in [1.165, 1.54) is 16.7 Å². The molecule has 9 nitrogen and oxygen atoms in total. The van der Waals surface area contributed by atoms with Gasteiger partial charge in [-0.15, -0.1) is 11.8 Å². The van der Waals surface area contributed by atoms with Crippen molar-refractivity contribution in [1.29, 1.82) is 0 Å². The number of aliphatic hydroxyl groups is 1. The van der Waals surface area contributed by atoms with E-state index in [2.05, 4.69) is 5.32 Å². The van der Waals surface area contributed by atoms with Crippen molar-refractivity contribution in [2.75, 3.05) is 19.6 Å². The van der Waals surface area contributed by atoms with Crippen LogP contribution >= 0.6 is 11.8 Å². The first-order chi connectivity index (χ1) is 14.2. The fourth-order valence-electron chi connectivity index (χ4n) is 5.04. The van der Waals surface area contributed by atoms with E-state index in [-0.39, 0.29) is 46.5 Å². The maximum atomic E-state index is 12.8. The van der Waals surface area contributed by atoms with Crippen LogP contribution in [0.3, 0.4) is 0 Å². The van der Waals surface area contributed by atoms with Crippen molar-refractivity contribution in [2.24, 2.45) is 11.8 Å². The van der Waals surface area contributed by atoms with Gasteiger partial charge in [-0.25, -0.2) is 4.79 Å². The molecule has 164 valence electrons. The number of carboxylic acid groups (broad SMARTS) is 1. The Hall–Kier alpha value is -1.91. The molecule has 0 aromatic carbocycles. The van der Waals surface area contributed by atoms with Gasteiger partial charge in [-0.05, 0) is 13.3 Å². The number of aliphatic hydroxyl groups excluding tert-OH is 1. The lowest BCUT2D eigenvalue weighted by atomic mass is 9.79. The Morgan fingerprint density at radius 2 is 1.90 bits per heavy atom. The number of β-lactam (4-membered cyclic amide) rings is 1. The van der Waals surface area contributed by atoms with E-state index >= 15 is 0 Å². The van der Waals surface area contributed by atoms with Crippen molar-refractivity contribution in [3.05, 3.63) is 10.6 Å². The average Bonchev–Trinajstić information content (AvgIpc) is 3.24. The number of piperidine rings is 1. The third-order valence-electron chi connectivity index (χ3n) is 6.63. The number of hydrogen-bond acceptors (Lipinski definition) is 7. The molecule has 6 atom stereocenters. The molecule has 4 heterocycles. The molecular weight excluding hydrogens is 410 g/mol. The zero-order chi connectivity index (χ0) is 21.7. The molecule has 0 aromatic rings. The van der Waals surface area contributed by atoms with Gasteiger partial charge in [0.05, 0.1) is 24.1 Å². The van der Waals surface area contributed by atoms with Crippen molar-refractivity contribution in [3.8, 4) is 0 Å². The molecule has 4 aliphatic rings. The second-order valence-electron chi connectivity index (χ2n) is 8.57. The maximum Gasteiger partial charge on any atom is 0.353 e. The zero-order valence-corrected chi connectivity index (χ0v) is 17.9. The van der Waals surface area contributed by atoms with Crippen LogP contribution in [0, 0.1) is 11.8 Å². The Balaban J connectivity index is 1.44. The van der Waals surface area contributed by atoms with Crippen LogP contribution < -0.4 is 5.32 Å². The molecular formula is C20H27N3O6S. The van der Waals surface area contributed by atoms with Crippen molar-refractivity contribution in [1.82, 2.24) is 15.1 Å². The van der Waals surface area contributed by atoms with Crippen LogP contribution in [0.15, 0.2) is 10.6 Å². The summed E-state index contributed by atoms with van der Waals surface area (Å²) in [6.07, 6.45) is 0.541. The number of hydrogen-bond donors (Lipinski definition) is 3. The van der Waals surface area contributed by atoms with Gasteiger partial charge in [-0.2, -0.15) is 0 Å². The fraction of sp³-hybridized carbons (Fsp3) is 0.700. The van der Waals surface area contributed by atoms with Crippen LogP contribution in [0.4, 0.5) is 0 Å². The molecule has 10 heteroatoms. The Kier molecular flexibility index (Phi) is 5.67. The maximum absolute atomic E-state index is 12.8. The Bertz CT molecular complexity index is 817. The van der Waals surface area contributed by atoms with E-state index in [9.17, 15) is 29.4 Å². The van der Waals surface area contributed by atoms with Gasteiger partial charge < -0.3 is 25.3 Å². The zero-order valence-electron chi connectivity index (χ0n) is 17.0. The normalized spacial score (nSPS) is 34.8. The first-order valence-electron chi connectivity index (χ1n) is 10.4. The van der Waals surface area contributed by atoms with Gasteiger partial charge in [0.25, 0.3) is 0 Å². The molecule has 4 aliphatic heterocycles. The molecule has 2 amide bonds. The Labute approximate surface area is 178 Å². The summed E-state index contributed by atoms with van der Waals surface area (Å²) in [6, 6.07) is -0.672. The largest absolute Gasteiger partial charge is 0.477 e. The van der Waals surface area contributed by atoms with Crippen molar-refractivity contribution in [3.63, 3.8) is 0 Å². The monoisotopic (exact) mass is 437 g/mol.